The Labute approximate surface area is 254 Å². The summed E-state index contributed by atoms with van der Waals surface area (Å²) in [6.07, 6.45) is 1.05. The van der Waals surface area contributed by atoms with Gasteiger partial charge in [-0.1, -0.05) is 0 Å². The van der Waals surface area contributed by atoms with Gasteiger partial charge in [0, 0.05) is 66.7 Å². The molecule has 4 N–H and O–H groups in total. The molecule has 14 heteroatoms. The minimum atomic E-state index is -1.17. The maximum Gasteiger partial charge on any atom is 0.323 e. The SMILES string of the molecule is O=C(CN1CCN(Cc2csc(-c3ccc(NC(=O)Nc4ccc(F)cc4)cc3)n2)CC1)N/N=C/c1cc(F)c(F)cc1O. The zero-order valence-electron chi connectivity index (χ0n) is 23.3. The van der Waals surface area contributed by atoms with Crippen molar-refractivity contribution in [2.45, 2.75) is 6.54 Å². The molecule has 0 atom stereocenters. The standard InChI is InChI=1S/C30H28F3N7O3S/c31-21-3-7-23(8-4-21)37-30(43)36-22-5-1-19(2-6-22)29-35-24(18-44-29)16-39-9-11-40(12-10-39)17-28(42)38-34-15-20-13-25(32)26(33)14-27(20)41/h1-8,13-15,18,41H,9-12,16-17H2,(H,38,42)(H2,36,37,43)/b34-15+. The van der Waals surface area contributed by atoms with Crippen LogP contribution in [0.3, 0.4) is 0 Å². The van der Waals surface area contributed by atoms with Gasteiger partial charge in [0.1, 0.15) is 16.6 Å². The number of anilines is 2. The highest BCUT2D eigenvalue weighted by atomic mass is 32.1. The first-order valence-corrected chi connectivity index (χ1v) is 14.4. The zero-order chi connectivity index (χ0) is 31.1. The van der Waals surface area contributed by atoms with Gasteiger partial charge < -0.3 is 15.7 Å². The van der Waals surface area contributed by atoms with E-state index in [1.54, 1.807) is 12.1 Å². The lowest BCUT2D eigenvalue weighted by atomic mass is 10.2. The molecule has 2 heterocycles. The summed E-state index contributed by atoms with van der Waals surface area (Å²) in [5.74, 6) is -3.53. The lowest BCUT2D eigenvalue weighted by molar-refractivity contribution is -0.122. The predicted octanol–water partition coefficient (Wildman–Crippen LogP) is 4.84. The molecule has 3 amide bonds. The molecule has 0 unspecified atom stereocenters. The van der Waals surface area contributed by atoms with Crippen LogP contribution in [-0.4, -0.2) is 70.8 Å². The van der Waals surface area contributed by atoms with Gasteiger partial charge in [0.05, 0.1) is 18.5 Å². The lowest BCUT2D eigenvalue weighted by Gasteiger charge is -2.33. The number of carbonyl (C=O) groups excluding carboxylic acids is 2. The second-order valence-electron chi connectivity index (χ2n) is 9.98. The summed E-state index contributed by atoms with van der Waals surface area (Å²) in [5.41, 5.74) is 5.22. The molecule has 5 rings (SSSR count). The number of piperazine rings is 1. The third kappa shape index (κ3) is 8.40. The first-order chi connectivity index (χ1) is 21.2. The Bertz CT molecular complexity index is 1640. The van der Waals surface area contributed by atoms with E-state index >= 15 is 0 Å². The maximum atomic E-state index is 13.3. The highest BCUT2D eigenvalue weighted by molar-refractivity contribution is 7.13. The second-order valence-corrected chi connectivity index (χ2v) is 10.8. The molecule has 1 aliphatic rings. The summed E-state index contributed by atoms with van der Waals surface area (Å²) < 4.78 is 39.5. The zero-order valence-corrected chi connectivity index (χ0v) is 24.1. The smallest absolute Gasteiger partial charge is 0.323 e. The van der Waals surface area contributed by atoms with E-state index in [2.05, 4.69) is 26.1 Å². The van der Waals surface area contributed by atoms with E-state index in [4.69, 9.17) is 4.98 Å². The fourth-order valence-corrected chi connectivity index (χ4v) is 5.25. The minimum absolute atomic E-state index is 0.0546. The highest BCUT2D eigenvalue weighted by Gasteiger charge is 2.20. The van der Waals surface area contributed by atoms with Gasteiger partial charge >= 0.3 is 6.03 Å². The number of carbonyl (C=O) groups is 2. The van der Waals surface area contributed by atoms with E-state index in [1.165, 1.54) is 35.6 Å². The summed E-state index contributed by atoms with van der Waals surface area (Å²) in [7, 11) is 0. The van der Waals surface area contributed by atoms with Gasteiger partial charge in [-0.25, -0.2) is 28.4 Å². The molecular weight excluding hydrogens is 595 g/mol. The van der Waals surface area contributed by atoms with Crippen LogP contribution in [0.15, 0.2) is 71.1 Å². The summed E-state index contributed by atoms with van der Waals surface area (Å²) in [5, 5.41) is 21.6. The molecule has 10 nitrogen and oxygen atoms in total. The molecule has 3 aromatic carbocycles. The third-order valence-electron chi connectivity index (χ3n) is 6.72. The number of hydrogen-bond acceptors (Lipinski definition) is 8. The number of hydrazone groups is 1. The molecule has 1 fully saturated rings. The van der Waals surface area contributed by atoms with Gasteiger partial charge in [0.15, 0.2) is 11.6 Å². The number of nitrogens with zero attached hydrogens (tertiary/aromatic N) is 4. The summed E-state index contributed by atoms with van der Waals surface area (Å²) in [6.45, 7) is 3.61. The number of aromatic nitrogens is 1. The quantitative estimate of drug-likeness (QED) is 0.156. The lowest BCUT2D eigenvalue weighted by Crippen LogP contribution is -2.48. The molecule has 44 heavy (non-hydrogen) atoms. The van der Waals surface area contributed by atoms with Crippen molar-refractivity contribution in [3.63, 3.8) is 0 Å². The molecule has 1 aromatic heterocycles. The fourth-order valence-electron chi connectivity index (χ4n) is 4.44. The van der Waals surface area contributed by atoms with Crippen molar-refractivity contribution in [1.29, 1.82) is 0 Å². The molecule has 0 aliphatic carbocycles. The van der Waals surface area contributed by atoms with Crippen LogP contribution < -0.4 is 16.1 Å². The average molecular weight is 624 g/mol. The van der Waals surface area contributed by atoms with Crippen molar-refractivity contribution in [3.05, 3.63) is 94.8 Å². The van der Waals surface area contributed by atoms with Crippen molar-refractivity contribution >= 4 is 40.9 Å². The van der Waals surface area contributed by atoms with Crippen molar-refractivity contribution in [1.82, 2.24) is 20.2 Å². The van der Waals surface area contributed by atoms with Crippen LogP contribution in [0.2, 0.25) is 0 Å². The van der Waals surface area contributed by atoms with Crippen LogP contribution in [0, 0.1) is 17.5 Å². The van der Waals surface area contributed by atoms with Crippen LogP contribution in [0.25, 0.3) is 10.6 Å². The Morgan fingerprint density at radius 2 is 1.52 bits per heavy atom. The Kier molecular flexibility index (Phi) is 9.84. The number of aromatic hydroxyl groups is 1. The Morgan fingerprint density at radius 1 is 0.909 bits per heavy atom. The Hall–Kier alpha value is -4.79. The molecule has 1 aliphatic heterocycles. The second kappa shape index (κ2) is 14.1. The van der Waals surface area contributed by atoms with Crippen molar-refractivity contribution in [2.75, 3.05) is 43.4 Å². The summed E-state index contributed by atoms with van der Waals surface area (Å²) in [4.78, 5) is 33.5. The number of rotatable bonds is 9. The summed E-state index contributed by atoms with van der Waals surface area (Å²) >= 11 is 1.53. The van der Waals surface area contributed by atoms with Gasteiger partial charge in [-0.2, -0.15) is 5.10 Å². The topological polar surface area (TPSA) is 122 Å². The number of halogens is 3. The number of hydrogen-bond donors (Lipinski definition) is 4. The van der Waals surface area contributed by atoms with E-state index < -0.39 is 23.4 Å². The monoisotopic (exact) mass is 623 g/mol. The highest BCUT2D eigenvalue weighted by Crippen LogP contribution is 2.26. The van der Waals surface area contributed by atoms with Crippen LogP contribution in [0.1, 0.15) is 11.3 Å². The number of thiazole rings is 1. The van der Waals surface area contributed by atoms with E-state index in [-0.39, 0.29) is 23.8 Å². The number of urea groups is 1. The van der Waals surface area contributed by atoms with E-state index in [0.717, 1.165) is 41.6 Å². The van der Waals surface area contributed by atoms with Crippen molar-refractivity contribution < 1.29 is 27.9 Å². The van der Waals surface area contributed by atoms with Crippen LogP contribution in [0.5, 0.6) is 5.75 Å². The maximum absolute atomic E-state index is 13.3. The Morgan fingerprint density at radius 3 is 2.20 bits per heavy atom. The molecule has 0 radical (unpaired) electrons. The normalized spacial score (nSPS) is 14.1. The minimum Gasteiger partial charge on any atom is -0.507 e. The van der Waals surface area contributed by atoms with Gasteiger partial charge in [-0.3, -0.25) is 14.6 Å². The largest absolute Gasteiger partial charge is 0.507 e. The third-order valence-corrected chi connectivity index (χ3v) is 7.66. The fraction of sp³-hybridized carbons (Fsp3) is 0.200. The molecule has 0 bridgehead atoms. The van der Waals surface area contributed by atoms with Gasteiger partial charge in [0.2, 0.25) is 0 Å². The van der Waals surface area contributed by atoms with E-state index in [1.807, 2.05) is 22.4 Å². The molecule has 0 spiro atoms. The van der Waals surface area contributed by atoms with Crippen molar-refractivity contribution in [2.24, 2.45) is 5.10 Å². The van der Waals surface area contributed by atoms with Crippen LogP contribution in [-0.2, 0) is 11.3 Å². The average Bonchev–Trinajstić information content (AvgIpc) is 3.47. The summed E-state index contributed by atoms with van der Waals surface area (Å²) in [6, 6.07) is 13.8. The van der Waals surface area contributed by atoms with Crippen LogP contribution in [0.4, 0.5) is 29.3 Å². The Balaban J connectivity index is 1.04. The van der Waals surface area contributed by atoms with Crippen LogP contribution >= 0.6 is 11.3 Å². The number of benzene rings is 3. The van der Waals surface area contributed by atoms with Gasteiger partial charge in [-0.15, -0.1) is 11.3 Å². The number of phenols is 1. The number of phenolic OH excluding ortho intramolecular Hbond substituents is 1. The molecular formula is C30H28F3N7O3S. The predicted molar refractivity (Wildman–Crippen MR) is 162 cm³/mol. The molecule has 1 saturated heterocycles. The number of nitrogens with one attached hydrogen (secondary N) is 3. The van der Waals surface area contributed by atoms with Crippen molar-refractivity contribution in [3.8, 4) is 16.3 Å². The molecule has 228 valence electrons. The van der Waals surface area contributed by atoms with E-state index in [9.17, 15) is 27.9 Å². The van der Waals surface area contributed by atoms with E-state index in [0.29, 0.717) is 37.1 Å². The first-order valence-electron chi connectivity index (χ1n) is 13.5. The molecule has 4 aromatic rings. The molecule has 0 saturated carbocycles. The van der Waals surface area contributed by atoms with Gasteiger partial charge in [0.25, 0.3) is 5.91 Å². The van der Waals surface area contributed by atoms with Gasteiger partial charge in [-0.05, 0) is 54.6 Å². The first kappa shape index (κ1) is 30.7. The number of amides is 3.